The van der Waals surface area contributed by atoms with E-state index in [-0.39, 0.29) is 5.75 Å². The van der Waals surface area contributed by atoms with Crippen LogP contribution >= 0.6 is 0 Å². The average Bonchev–Trinajstić information content (AvgIpc) is 2.71. The number of rotatable bonds is 4. The van der Waals surface area contributed by atoms with Crippen molar-refractivity contribution >= 4 is 15.5 Å². The van der Waals surface area contributed by atoms with Crippen LogP contribution in [-0.2, 0) is 9.84 Å². The monoisotopic (exact) mass is 268 g/mol. The van der Waals surface area contributed by atoms with Crippen molar-refractivity contribution in [2.45, 2.75) is 6.04 Å². The lowest BCUT2D eigenvalue weighted by Crippen LogP contribution is -2.31. The number of ether oxygens (including phenoxy) is 1. The number of sulfone groups is 1. The molecule has 1 heterocycles. The summed E-state index contributed by atoms with van der Waals surface area (Å²) in [6.07, 6.45) is 1.45. The number of methoxy groups -OCH3 is 1. The second kappa shape index (κ2) is 4.77. The molecule has 0 aromatic heterocycles. The van der Waals surface area contributed by atoms with Gasteiger partial charge < -0.3 is 4.74 Å². The fourth-order valence-electron chi connectivity index (χ4n) is 1.76. The summed E-state index contributed by atoms with van der Waals surface area (Å²) in [5.74, 6) is 0.432. The molecule has 0 saturated carbocycles. The first-order chi connectivity index (χ1) is 8.55. The van der Waals surface area contributed by atoms with Gasteiger partial charge in [0.1, 0.15) is 5.75 Å². The molecule has 0 bridgehead atoms. The molecule has 6 nitrogen and oxygen atoms in total. The zero-order chi connectivity index (χ0) is 13.2. The predicted molar refractivity (Wildman–Crippen MR) is 68.0 cm³/mol. The quantitative estimate of drug-likeness (QED) is 0.611. The van der Waals surface area contributed by atoms with Crippen molar-refractivity contribution in [2.75, 3.05) is 17.9 Å². The molecule has 0 N–H and O–H groups in total. The molecule has 96 valence electrons. The highest BCUT2D eigenvalue weighted by molar-refractivity contribution is 7.94. The Morgan fingerprint density at radius 2 is 2.22 bits per heavy atom. The number of nitrogens with zero attached hydrogens (tertiary/aromatic N) is 2. The van der Waals surface area contributed by atoms with Crippen molar-refractivity contribution in [3.05, 3.63) is 40.7 Å². The van der Waals surface area contributed by atoms with Gasteiger partial charge in [0, 0.05) is 11.5 Å². The van der Waals surface area contributed by atoms with Gasteiger partial charge in [0.05, 0.1) is 29.9 Å². The normalized spacial score (nSPS) is 20.6. The third kappa shape index (κ3) is 2.51. The van der Waals surface area contributed by atoms with Crippen LogP contribution in [0.2, 0.25) is 0 Å². The highest BCUT2D eigenvalue weighted by Gasteiger charge is 2.28. The Morgan fingerprint density at radius 3 is 2.78 bits per heavy atom. The molecule has 1 atom stereocenters. The first kappa shape index (κ1) is 12.6. The third-order valence-electron chi connectivity index (χ3n) is 2.63. The lowest BCUT2D eigenvalue weighted by Gasteiger charge is -2.20. The average molecular weight is 268 g/mol. The van der Waals surface area contributed by atoms with Crippen molar-refractivity contribution in [1.82, 2.24) is 0 Å². The van der Waals surface area contributed by atoms with Crippen LogP contribution in [0.5, 0.6) is 5.75 Å². The van der Waals surface area contributed by atoms with E-state index in [1.54, 1.807) is 24.3 Å². The van der Waals surface area contributed by atoms with Gasteiger partial charge >= 0.3 is 0 Å². The fraction of sp³-hybridized carbons (Fsp3) is 0.273. The smallest absolute Gasteiger partial charge is 0.173 e. The second-order valence-corrected chi connectivity index (χ2v) is 5.78. The van der Waals surface area contributed by atoms with Crippen molar-refractivity contribution < 1.29 is 13.2 Å². The van der Waals surface area contributed by atoms with Crippen LogP contribution in [0.25, 0.3) is 0 Å². The summed E-state index contributed by atoms with van der Waals surface area (Å²) >= 11 is 0. The van der Waals surface area contributed by atoms with Gasteiger partial charge in [0.15, 0.2) is 9.84 Å². The molecule has 1 aromatic rings. The first-order valence-electron chi connectivity index (χ1n) is 5.23. The molecule has 0 aliphatic carbocycles. The maximum atomic E-state index is 11.3. The Kier molecular flexibility index (Phi) is 3.33. The predicted octanol–water partition coefficient (Wildman–Crippen LogP) is 1.49. The van der Waals surface area contributed by atoms with E-state index < -0.39 is 15.9 Å². The van der Waals surface area contributed by atoms with E-state index in [4.69, 9.17) is 4.74 Å². The Bertz CT molecular complexity index is 582. The van der Waals surface area contributed by atoms with Gasteiger partial charge in [-0.25, -0.2) is 13.4 Å². The number of nitroso groups, excluding NO2 is 1. The lowest BCUT2D eigenvalue weighted by atomic mass is 10.2. The van der Waals surface area contributed by atoms with Crippen LogP contribution in [0.1, 0.15) is 0 Å². The van der Waals surface area contributed by atoms with Crippen LogP contribution in [0.3, 0.4) is 0 Å². The maximum absolute atomic E-state index is 11.3. The Labute approximate surface area is 105 Å². The van der Waals surface area contributed by atoms with Gasteiger partial charge in [-0.2, -0.15) is 0 Å². The van der Waals surface area contributed by atoms with Crippen molar-refractivity contribution in [3.8, 4) is 5.75 Å². The maximum Gasteiger partial charge on any atom is 0.173 e. The second-order valence-electron chi connectivity index (χ2n) is 3.85. The molecule has 0 fully saturated rings. The molecule has 0 saturated heterocycles. The van der Waals surface area contributed by atoms with Gasteiger partial charge in [-0.15, -0.1) is 4.91 Å². The van der Waals surface area contributed by atoms with Crippen LogP contribution in [0.4, 0.5) is 5.69 Å². The molecule has 1 aliphatic rings. The van der Waals surface area contributed by atoms with Gasteiger partial charge in [-0.05, 0) is 18.2 Å². The summed E-state index contributed by atoms with van der Waals surface area (Å²) in [5, 5.41) is 5.13. The van der Waals surface area contributed by atoms with E-state index in [1.165, 1.54) is 13.2 Å². The number of benzene rings is 1. The van der Waals surface area contributed by atoms with Crippen molar-refractivity contribution in [3.63, 3.8) is 0 Å². The Balaban J connectivity index is 2.29. The standard InChI is InChI=1S/C11H12N2O4S/c1-17-11-4-2-3-9(7-11)13(12-14)10-5-6-18(15,16)8-10/h2-7,10H,8H2,1H3. The number of hydrogen-bond donors (Lipinski definition) is 0. The van der Waals surface area contributed by atoms with Crippen molar-refractivity contribution in [2.24, 2.45) is 5.29 Å². The van der Waals surface area contributed by atoms with Gasteiger partial charge in [-0.1, -0.05) is 6.07 Å². The zero-order valence-electron chi connectivity index (χ0n) is 9.68. The molecule has 0 radical (unpaired) electrons. The zero-order valence-corrected chi connectivity index (χ0v) is 10.5. The minimum atomic E-state index is -3.23. The lowest BCUT2D eigenvalue weighted by molar-refractivity contribution is 0.414. The van der Waals surface area contributed by atoms with E-state index in [0.29, 0.717) is 11.4 Å². The molecule has 0 spiro atoms. The van der Waals surface area contributed by atoms with E-state index in [1.807, 2.05) is 0 Å². The number of hydrogen-bond acceptors (Lipinski definition) is 5. The largest absolute Gasteiger partial charge is 0.497 e. The van der Waals surface area contributed by atoms with E-state index in [2.05, 4.69) is 5.29 Å². The van der Waals surface area contributed by atoms with Crippen LogP contribution < -0.4 is 9.75 Å². The minimum Gasteiger partial charge on any atom is -0.497 e. The molecule has 0 amide bonds. The van der Waals surface area contributed by atoms with E-state index in [0.717, 1.165) is 10.4 Å². The van der Waals surface area contributed by atoms with Crippen LogP contribution in [0, 0.1) is 4.91 Å². The summed E-state index contributed by atoms with van der Waals surface area (Å²) in [5.41, 5.74) is 0.496. The SMILES string of the molecule is COc1cccc(N(N=O)C2C=CS(=O)(=O)C2)c1. The molecule has 1 aromatic carbocycles. The van der Waals surface area contributed by atoms with Gasteiger partial charge in [0.2, 0.25) is 0 Å². The molecule has 7 heteroatoms. The summed E-state index contributed by atoms with van der Waals surface area (Å²) in [6.45, 7) is 0. The topological polar surface area (TPSA) is 76.0 Å². The molecule has 18 heavy (non-hydrogen) atoms. The molecular weight excluding hydrogens is 256 g/mol. The number of anilines is 1. The fourth-order valence-corrected chi connectivity index (χ4v) is 3.02. The van der Waals surface area contributed by atoms with E-state index in [9.17, 15) is 13.3 Å². The third-order valence-corrected chi connectivity index (χ3v) is 4.01. The molecule has 2 rings (SSSR count). The van der Waals surface area contributed by atoms with Gasteiger partial charge in [-0.3, -0.25) is 0 Å². The van der Waals surface area contributed by atoms with Gasteiger partial charge in [0.25, 0.3) is 0 Å². The Morgan fingerprint density at radius 1 is 1.44 bits per heavy atom. The van der Waals surface area contributed by atoms with E-state index >= 15 is 0 Å². The molecule has 1 aliphatic heterocycles. The summed E-state index contributed by atoms with van der Waals surface area (Å²) in [7, 11) is -1.71. The van der Waals surface area contributed by atoms with Crippen LogP contribution in [0.15, 0.2) is 41.0 Å². The van der Waals surface area contributed by atoms with Crippen molar-refractivity contribution in [1.29, 1.82) is 0 Å². The van der Waals surface area contributed by atoms with Crippen LogP contribution in [-0.4, -0.2) is 27.3 Å². The Hall–Kier alpha value is -1.89. The molecule has 1 unspecified atom stereocenters. The first-order valence-corrected chi connectivity index (χ1v) is 6.95. The summed E-state index contributed by atoms with van der Waals surface area (Å²) in [6, 6.07) is 6.16. The summed E-state index contributed by atoms with van der Waals surface area (Å²) < 4.78 is 27.7. The molecular formula is C11H12N2O4S. The summed E-state index contributed by atoms with van der Waals surface area (Å²) in [4.78, 5) is 10.9. The minimum absolute atomic E-state index is 0.143. The highest BCUT2D eigenvalue weighted by atomic mass is 32.2. The highest BCUT2D eigenvalue weighted by Crippen LogP contribution is 2.26.